The third kappa shape index (κ3) is 2.69. The van der Waals surface area contributed by atoms with Crippen LogP contribution in [0.25, 0.3) is 0 Å². The molecule has 0 saturated heterocycles. The fourth-order valence-electron chi connectivity index (χ4n) is 1.96. The van der Waals surface area contributed by atoms with E-state index in [0.717, 1.165) is 6.42 Å². The fraction of sp³-hybridized carbons (Fsp3) is 0.429. The van der Waals surface area contributed by atoms with Crippen LogP contribution in [0, 0.1) is 0 Å². The van der Waals surface area contributed by atoms with E-state index in [9.17, 15) is 0 Å². The van der Waals surface area contributed by atoms with Gasteiger partial charge in [0.15, 0.2) is 0 Å². The molecule has 0 radical (unpaired) electrons. The summed E-state index contributed by atoms with van der Waals surface area (Å²) in [6.45, 7) is 10.5. The smallest absolute Gasteiger partial charge is 0.0617 e. The monoisotopic (exact) mass is 203 g/mol. The Bertz CT molecular complexity index is 302. The number of nitrogens with one attached hydrogen (secondary N) is 1. The standard InChI is InChI=1S/C14H21N/c1-5-14(6-2,15-12(3)4)13-10-8-7-9-11-13/h5,7-12,15H,1,6H2,2-4H3. The van der Waals surface area contributed by atoms with Gasteiger partial charge in [-0.3, -0.25) is 0 Å². The molecule has 1 heteroatoms. The Labute approximate surface area is 93.2 Å². The van der Waals surface area contributed by atoms with Crippen LogP contribution in [0.1, 0.15) is 32.8 Å². The van der Waals surface area contributed by atoms with Gasteiger partial charge in [0.2, 0.25) is 0 Å². The van der Waals surface area contributed by atoms with E-state index in [4.69, 9.17) is 0 Å². The minimum atomic E-state index is -0.0879. The van der Waals surface area contributed by atoms with Crippen molar-refractivity contribution >= 4 is 0 Å². The van der Waals surface area contributed by atoms with E-state index in [1.54, 1.807) is 0 Å². The van der Waals surface area contributed by atoms with Crippen LogP contribution in [0.5, 0.6) is 0 Å². The summed E-state index contributed by atoms with van der Waals surface area (Å²) in [6, 6.07) is 10.9. The summed E-state index contributed by atoms with van der Waals surface area (Å²) in [7, 11) is 0. The first-order chi connectivity index (χ1) is 7.14. The highest BCUT2D eigenvalue weighted by Crippen LogP contribution is 2.26. The van der Waals surface area contributed by atoms with Crippen molar-refractivity contribution in [3.8, 4) is 0 Å². The predicted octanol–water partition coefficient (Wildman–Crippen LogP) is 3.48. The summed E-state index contributed by atoms with van der Waals surface area (Å²) < 4.78 is 0. The molecule has 0 aromatic heterocycles. The van der Waals surface area contributed by atoms with Crippen LogP contribution in [0.4, 0.5) is 0 Å². The molecule has 1 aromatic carbocycles. The molecule has 1 nitrogen and oxygen atoms in total. The Balaban J connectivity index is 3.05. The number of hydrogen-bond donors (Lipinski definition) is 1. The van der Waals surface area contributed by atoms with Gasteiger partial charge in [0.25, 0.3) is 0 Å². The van der Waals surface area contributed by atoms with Gasteiger partial charge in [-0.25, -0.2) is 0 Å². The first-order valence-electron chi connectivity index (χ1n) is 5.61. The summed E-state index contributed by atoms with van der Waals surface area (Å²) in [6.07, 6.45) is 3.03. The van der Waals surface area contributed by atoms with Crippen LogP contribution in [-0.2, 0) is 5.54 Å². The van der Waals surface area contributed by atoms with Gasteiger partial charge in [-0.2, -0.15) is 0 Å². The zero-order chi connectivity index (χ0) is 11.3. The van der Waals surface area contributed by atoms with Crippen molar-refractivity contribution in [2.24, 2.45) is 0 Å². The van der Waals surface area contributed by atoms with Gasteiger partial charge in [-0.05, 0) is 25.8 Å². The van der Waals surface area contributed by atoms with Crippen molar-refractivity contribution in [1.29, 1.82) is 0 Å². The summed E-state index contributed by atoms with van der Waals surface area (Å²) in [5.41, 5.74) is 1.20. The van der Waals surface area contributed by atoms with Crippen molar-refractivity contribution in [2.45, 2.75) is 38.8 Å². The lowest BCUT2D eigenvalue weighted by Crippen LogP contribution is -2.43. The van der Waals surface area contributed by atoms with Gasteiger partial charge >= 0.3 is 0 Å². The van der Waals surface area contributed by atoms with Gasteiger partial charge in [-0.1, -0.05) is 43.3 Å². The molecule has 0 spiro atoms. The first kappa shape index (κ1) is 12.0. The highest BCUT2D eigenvalue weighted by atomic mass is 15.0. The Hall–Kier alpha value is -1.08. The first-order valence-corrected chi connectivity index (χ1v) is 5.61. The molecule has 0 fully saturated rings. The summed E-state index contributed by atoms with van der Waals surface area (Å²) in [4.78, 5) is 0. The van der Waals surface area contributed by atoms with Gasteiger partial charge in [0.05, 0.1) is 5.54 Å². The molecule has 82 valence electrons. The molecule has 1 unspecified atom stereocenters. The van der Waals surface area contributed by atoms with E-state index < -0.39 is 0 Å². The lowest BCUT2D eigenvalue weighted by Gasteiger charge is -2.33. The largest absolute Gasteiger partial charge is 0.302 e. The molecule has 0 saturated carbocycles. The molecule has 0 heterocycles. The molecule has 1 aromatic rings. The van der Waals surface area contributed by atoms with Crippen molar-refractivity contribution < 1.29 is 0 Å². The number of rotatable bonds is 5. The Morgan fingerprint density at radius 2 is 1.93 bits per heavy atom. The Morgan fingerprint density at radius 3 is 2.33 bits per heavy atom. The quantitative estimate of drug-likeness (QED) is 0.722. The van der Waals surface area contributed by atoms with Crippen LogP contribution < -0.4 is 5.32 Å². The van der Waals surface area contributed by atoms with E-state index >= 15 is 0 Å². The second-order valence-electron chi connectivity index (χ2n) is 4.19. The van der Waals surface area contributed by atoms with Crippen LogP contribution in [0.3, 0.4) is 0 Å². The Kier molecular flexibility index (Phi) is 4.10. The van der Waals surface area contributed by atoms with Crippen molar-refractivity contribution in [1.82, 2.24) is 5.32 Å². The molecule has 0 aliphatic heterocycles. The molecule has 0 amide bonds. The zero-order valence-electron chi connectivity index (χ0n) is 9.96. The van der Waals surface area contributed by atoms with Crippen molar-refractivity contribution in [3.05, 3.63) is 48.6 Å². The summed E-state index contributed by atoms with van der Waals surface area (Å²) in [5.74, 6) is 0. The molecular formula is C14H21N. The summed E-state index contributed by atoms with van der Waals surface area (Å²) >= 11 is 0. The van der Waals surface area contributed by atoms with Crippen LogP contribution in [-0.4, -0.2) is 6.04 Å². The number of benzene rings is 1. The minimum absolute atomic E-state index is 0.0879. The van der Waals surface area contributed by atoms with E-state index in [0.29, 0.717) is 6.04 Å². The lowest BCUT2D eigenvalue weighted by molar-refractivity contribution is 0.366. The lowest BCUT2D eigenvalue weighted by atomic mass is 9.86. The zero-order valence-corrected chi connectivity index (χ0v) is 9.96. The van der Waals surface area contributed by atoms with Crippen LogP contribution in [0.2, 0.25) is 0 Å². The van der Waals surface area contributed by atoms with E-state index in [1.165, 1.54) is 5.56 Å². The Morgan fingerprint density at radius 1 is 1.33 bits per heavy atom. The molecule has 0 aliphatic rings. The van der Waals surface area contributed by atoms with Gasteiger partial charge in [0.1, 0.15) is 0 Å². The van der Waals surface area contributed by atoms with Crippen molar-refractivity contribution in [2.75, 3.05) is 0 Å². The second-order valence-corrected chi connectivity index (χ2v) is 4.19. The highest BCUT2D eigenvalue weighted by molar-refractivity contribution is 5.29. The second kappa shape index (κ2) is 5.13. The minimum Gasteiger partial charge on any atom is -0.302 e. The average Bonchev–Trinajstić information content (AvgIpc) is 2.27. The predicted molar refractivity (Wildman–Crippen MR) is 66.9 cm³/mol. The maximum absolute atomic E-state index is 3.97. The molecule has 1 atom stereocenters. The maximum atomic E-state index is 3.97. The molecule has 1 rings (SSSR count). The van der Waals surface area contributed by atoms with Gasteiger partial charge < -0.3 is 5.32 Å². The van der Waals surface area contributed by atoms with E-state index in [-0.39, 0.29) is 5.54 Å². The third-order valence-corrected chi connectivity index (χ3v) is 2.74. The molecule has 0 bridgehead atoms. The fourth-order valence-corrected chi connectivity index (χ4v) is 1.96. The van der Waals surface area contributed by atoms with Crippen LogP contribution in [0.15, 0.2) is 43.0 Å². The topological polar surface area (TPSA) is 12.0 Å². The third-order valence-electron chi connectivity index (χ3n) is 2.74. The molecule has 1 N–H and O–H groups in total. The molecular weight excluding hydrogens is 182 g/mol. The average molecular weight is 203 g/mol. The summed E-state index contributed by atoms with van der Waals surface area (Å²) in [5, 5.41) is 3.59. The van der Waals surface area contributed by atoms with Gasteiger partial charge in [-0.15, -0.1) is 6.58 Å². The highest BCUT2D eigenvalue weighted by Gasteiger charge is 2.26. The number of hydrogen-bond acceptors (Lipinski definition) is 1. The van der Waals surface area contributed by atoms with E-state index in [1.807, 2.05) is 12.1 Å². The normalized spacial score (nSPS) is 14.9. The van der Waals surface area contributed by atoms with Gasteiger partial charge in [0, 0.05) is 6.04 Å². The van der Waals surface area contributed by atoms with E-state index in [2.05, 4.69) is 56.9 Å². The molecule has 15 heavy (non-hydrogen) atoms. The molecule has 0 aliphatic carbocycles. The SMILES string of the molecule is C=CC(CC)(NC(C)C)c1ccccc1. The van der Waals surface area contributed by atoms with Crippen molar-refractivity contribution in [3.63, 3.8) is 0 Å². The van der Waals surface area contributed by atoms with Crippen LogP contribution >= 0.6 is 0 Å². The maximum Gasteiger partial charge on any atom is 0.0617 e.